The van der Waals surface area contributed by atoms with Gasteiger partial charge in [-0.25, -0.2) is 0 Å². The first-order valence-electron chi connectivity index (χ1n) is 6.33. The standard InChI is InChI=1S/C14H20N2O/c1-3-12-6-4-5-7-13(12)14(17)16-9-8-15-11(2)10-16/h4-7,11,15H,3,8-10H2,1-2H3/t11-/m0/s1. The zero-order valence-electron chi connectivity index (χ0n) is 10.6. The molecule has 3 nitrogen and oxygen atoms in total. The summed E-state index contributed by atoms with van der Waals surface area (Å²) in [5, 5.41) is 3.35. The van der Waals surface area contributed by atoms with E-state index in [-0.39, 0.29) is 5.91 Å². The van der Waals surface area contributed by atoms with E-state index in [0.717, 1.165) is 37.2 Å². The lowest BCUT2D eigenvalue weighted by Crippen LogP contribution is -2.51. The van der Waals surface area contributed by atoms with Crippen LogP contribution in [0.3, 0.4) is 0 Å². The predicted molar refractivity (Wildman–Crippen MR) is 69.2 cm³/mol. The molecule has 1 aliphatic rings. The molecule has 1 atom stereocenters. The predicted octanol–water partition coefficient (Wildman–Crippen LogP) is 1.68. The summed E-state index contributed by atoms with van der Waals surface area (Å²) in [5.74, 6) is 0.177. The highest BCUT2D eigenvalue weighted by Gasteiger charge is 2.22. The van der Waals surface area contributed by atoms with Crippen LogP contribution in [0.1, 0.15) is 29.8 Å². The van der Waals surface area contributed by atoms with E-state index in [4.69, 9.17) is 0 Å². The minimum absolute atomic E-state index is 0.177. The van der Waals surface area contributed by atoms with Crippen molar-refractivity contribution in [1.82, 2.24) is 10.2 Å². The summed E-state index contributed by atoms with van der Waals surface area (Å²) < 4.78 is 0. The van der Waals surface area contributed by atoms with Gasteiger partial charge in [0.05, 0.1) is 0 Å². The first kappa shape index (κ1) is 12.1. The Labute approximate surface area is 103 Å². The SMILES string of the molecule is CCc1ccccc1C(=O)N1CCN[C@@H](C)C1. The molecule has 0 aliphatic carbocycles. The average Bonchev–Trinajstić information content (AvgIpc) is 2.38. The highest BCUT2D eigenvalue weighted by atomic mass is 16.2. The fraction of sp³-hybridized carbons (Fsp3) is 0.500. The highest BCUT2D eigenvalue weighted by molar-refractivity contribution is 5.95. The zero-order valence-corrected chi connectivity index (χ0v) is 10.6. The van der Waals surface area contributed by atoms with Crippen LogP contribution in [0, 0.1) is 0 Å². The minimum Gasteiger partial charge on any atom is -0.336 e. The third-order valence-corrected chi connectivity index (χ3v) is 3.28. The van der Waals surface area contributed by atoms with E-state index in [9.17, 15) is 4.79 Å². The van der Waals surface area contributed by atoms with Gasteiger partial charge in [-0.15, -0.1) is 0 Å². The largest absolute Gasteiger partial charge is 0.336 e. The summed E-state index contributed by atoms with van der Waals surface area (Å²) in [5.41, 5.74) is 2.01. The Kier molecular flexibility index (Phi) is 3.79. The number of amides is 1. The number of carbonyl (C=O) groups is 1. The van der Waals surface area contributed by atoms with Crippen LogP contribution in [0.15, 0.2) is 24.3 Å². The molecule has 0 saturated carbocycles. The van der Waals surface area contributed by atoms with Gasteiger partial charge in [-0.3, -0.25) is 4.79 Å². The van der Waals surface area contributed by atoms with E-state index in [1.54, 1.807) is 0 Å². The van der Waals surface area contributed by atoms with Gasteiger partial charge in [0.1, 0.15) is 0 Å². The Morgan fingerprint density at radius 1 is 1.47 bits per heavy atom. The molecule has 1 heterocycles. The lowest BCUT2D eigenvalue weighted by Gasteiger charge is -2.32. The summed E-state index contributed by atoms with van der Waals surface area (Å²) in [6.45, 7) is 6.71. The molecule has 92 valence electrons. The number of aryl methyl sites for hydroxylation is 1. The van der Waals surface area contributed by atoms with E-state index >= 15 is 0 Å². The summed E-state index contributed by atoms with van der Waals surface area (Å²) in [7, 11) is 0. The first-order chi connectivity index (χ1) is 8.22. The second-order valence-corrected chi connectivity index (χ2v) is 4.62. The molecule has 0 spiro atoms. The van der Waals surface area contributed by atoms with E-state index in [1.807, 2.05) is 29.2 Å². The number of nitrogens with zero attached hydrogens (tertiary/aromatic N) is 1. The van der Waals surface area contributed by atoms with Gasteiger partial charge in [0, 0.05) is 31.2 Å². The van der Waals surface area contributed by atoms with Crippen LogP contribution in [-0.4, -0.2) is 36.5 Å². The fourth-order valence-electron chi connectivity index (χ4n) is 2.32. The van der Waals surface area contributed by atoms with E-state index in [2.05, 4.69) is 19.2 Å². The smallest absolute Gasteiger partial charge is 0.254 e. The minimum atomic E-state index is 0.177. The molecular weight excluding hydrogens is 212 g/mol. The monoisotopic (exact) mass is 232 g/mol. The Hall–Kier alpha value is -1.35. The van der Waals surface area contributed by atoms with E-state index in [1.165, 1.54) is 0 Å². The van der Waals surface area contributed by atoms with Crippen molar-refractivity contribution in [3.8, 4) is 0 Å². The summed E-state index contributed by atoms with van der Waals surface area (Å²) in [4.78, 5) is 14.4. The lowest BCUT2D eigenvalue weighted by molar-refractivity contribution is 0.0708. The molecule has 3 heteroatoms. The van der Waals surface area contributed by atoms with Gasteiger partial charge in [-0.05, 0) is 25.0 Å². The molecule has 1 fully saturated rings. The third-order valence-electron chi connectivity index (χ3n) is 3.28. The van der Waals surface area contributed by atoms with Crippen molar-refractivity contribution in [1.29, 1.82) is 0 Å². The molecule has 17 heavy (non-hydrogen) atoms. The van der Waals surface area contributed by atoms with Crippen molar-refractivity contribution in [2.75, 3.05) is 19.6 Å². The fourth-order valence-corrected chi connectivity index (χ4v) is 2.32. The maximum atomic E-state index is 12.4. The summed E-state index contributed by atoms with van der Waals surface area (Å²) in [6, 6.07) is 8.31. The Balaban J connectivity index is 2.18. The van der Waals surface area contributed by atoms with E-state index < -0.39 is 0 Å². The Morgan fingerprint density at radius 3 is 2.94 bits per heavy atom. The first-order valence-corrected chi connectivity index (χ1v) is 6.33. The van der Waals surface area contributed by atoms with Gasteiger partial charge in [0.25, 0.3) is 5.91 Å². The number of piperazine rings is 1. The van der Waals surface area contributed by atoms with Crippen LogP contribution in [0.25, 0.3) is 0 Å². The maximum absolute atomic E-state index is 12.4. The zero-order chi connectivity index (χ0) is 12.3. The number of nitrogens with one attached hydrogen (secondary N) is 1. The van der Waals surface area contributed by atoms with Crippen LogP contribution >= 0.6 is 0 Å². The normalized spacial score (nSPS) is 20.4. The number of benzene rings is 1. The Bertz CT molecular complexity index is 403. The molecule has 0 radical (unpaired) electrons. The lowest BCUT2D eigenvalue weighted by atomic mass is 10.0. The quantitative estimate of drug-likeness (QED) is 0.841. The van der Waals surface area contributed by atoms with Gasteiger partial charge in [0.2, 0.25) is 0 Å². The Morgan fingerprint density at radius 2 is 2.24 bits per heavy atom. The van der Waals surface area contributed by atoms with Crippen LogP contribution < -0.4 is 5.32 Å². The number of carbonyl (C=O) groups excluding carboxylic acids is 1. The highest BCUT2D eigenvalue weighted by Crippen LogP contribution is 2.13. The topological polar surface area (TPSA) is 32.3 Å². The number of hydrogen-bond acceptors (Lipinski definition) is 2. The molecule has 1 aromatic carbocycles. The molecule has 0 unspecified atom stereocenters. The van der Waals surface area contributed by atoms with Gasteiger partial charge < -0.3 is 10.2 Å². The van der Waals surface area contributed by atoms with Crippen molar-refractivity contribution >= 4 is 5.91 Å². The van der Waals surface area contributed by atoms with Crippen molar-refractivity contribution in [3.63, 3.8) is 0 Å². The van der Waals surface area contributed by atoms with Crippen LogP contribution in [0.2, 0.25) is 0 Å². The summed E-state index contributed by atoms with van der Waals surface area (Å²) in [6.07, 6.45) is 0.906. The molecule has 1 aromatic rings. The summed E-state index contributed by atoms with van der Waals surface area (Å²) >= 11 is 0. The van der Waals surface area contributed by atoms with Crippen molar-refractivity contribution < 1.29 is 4.79 Å². The third kappa shape index (κ3) is 2.67. The molecule has 2 rings (SSSR count). The van der Waals surface area contributed by atoms with Gasteiger partial charge >= 0.3 is 0 Å². The van der Waals surface area contributed by atoms with Crippen molar-refractivity contribution in [2.24, 2.45) is 0 Å². The molecule has 1 N–H and O–H groups in total. The van der Waals surface area contributed by atoms with Crippen LogP contribution in [-0.2, 0) is 6.42 Å². The van der Waals surface area contributed by atoms with E-state index in [0.29, 0.717) is 6.04 Å². The van der Waals surface area contributed by atoms with Crippen LogP contribution in [0.4, 0.5) is 0 Å². The molecule has 1 aliphatic heterocycles. The van der Waals surface area contributed by atoms with Crippen molar-refractivity contribution in [3.05, 3.63) is 35.4 Å². The second-order valence-electron chi connectivity index (χ2n) is 4.62. The molecule has 1 amide bonds. The molecular formula is C14H20N2O. The maximum Gasteiger partial charge on any atom is 0.254 e. The number of rotatable bonds is 2. The number of hydrogen-bond donors (Lipinski definition) is 1. The molecule has 0 aromatic heterocycles. The van der Waals surface area contributed by atoms with Gasteiger partial charge in [0.15, 0.2) is 0 Å². The van der Waals surface area contributed by atoms with Crippen molar-refractivity contribution in [2.45, 2.75) is 26.3 Å². The second kappa shape index (κ2) is 5.32. The van der Waals surface area contributed by atoms with Crippen LogP contribution in [0.5, 0.6) is 0 Å². The molecule has 0 bridgehead atoms. The van der Waals surface area contributed by atoms with Gasteiger partial charge in [-0.2, -0.15) is 0 Å². The molecule has 1 saturated heterocycles. The average molecular weight is 232 g/mol. The van der Waals surface area contributed by atoms with Gasteiger partial charge in [-0.1, -0.05) is 25.1 Å².